The Kier molecular flexibility index (Phi) is 3.68. The quantitative estimate of drug-likeness (QED) is 0.404. The lowest BCUT2D eigenvalue weighted by Gasteiger charge is -1.98. The molecule has 0 N–H and O–H groups in total. The maximum absolute atomic E-state index is 11.9. The number of hydrogen-bond acceptors (Lipinski definition) is 8. The second-order valence-corrected chi connectivity index (χ2v) is 6.66. The maximum atomic E-state index is 11.9. The molecule has 0 atom stereocenters. The van der Waals surface area contributed by atoms with E-state index in [2.05, 4.69) is 9.97 Å². The van der Waals surface area contributed by atoms with E-state index >= 15 is 0 Å². The molecule has 6 nitrogen and oxygen atoms in total. The number of thiazole rings is 2. The van der Waals surface area contributed by atoms with E-state index in [4.69, 9.17) is 9.47 Å². The first-order chi connectivity index (χ1) is 11.7. The predicted octanol–water partition coefficient (Wildman–Crippen LogP) is 3.42. The van der Waals surface area contributed by atoms with Crippen molar-refractivity contribution in [2.45, 2.75) is 0 Å². The predicted molar refractivity (Wildman–Crippen MR) is 90.5 cm³/mol. The fourth-order valence-electron chi connectivity index (χ4n) is 2.03. The van der Waals surface area contributed by atoms with Gasteiger partial charge in [-0.3, -0.25) is 0 Å². The molecule has 4 aromatic rings. The molecule has 0 bridgehead atoms. The fourth-order valence-corrected chi connectivity index (χ4v) is 3.66. The van der Waals surface area contributed by atoms with Crippen molar-refractivity contribution in [2.75, 3.05) is 0 Å². The molecule has 2 aromatic carbocycles. The molecular formula is C16H8N2O4S2. The second kappa shape index (κ2) is 5.99. The number of rotatable bonds is 2. The highest BCUT2D eigenvalue weighted by molar-refractivity contribution is 7.20. The van der Waals surface area contributed by atoms with E-state index in [0.717, 1.165) is 9.40 Å². The SMILES string of the molecule is O=C(Oc1nc2ccccc2s1)C(=O)Oc1nc2ccccc2s1. The summed E-state index contributed by atoms with van der Waals surface area (Å²) in [5.41, 5.74) is 1.40. The largest absolute Gasteiger partial charge is 0.425 e. The van der Waals surface area contributed by atoms with Crippen LogP contribution in [0.1, 0.15) is 0 Å². The number of fused-ring (bicyclic) bond motifs is 2. The lowest BCUT2D eigenvalue weighted by molar-refractivity contribution is -0.156. The summed E-state index contributed by atoms with van der Waals surface area (Å²) in [7, 11) is 0. The van der Waals surface area contributed by atoms with Gasteiger partial charge >= 0.3 is 11.9 Å². The van der Waals surface area contributed by atoms with Crippen molar-refractivity contribution in [3.05, 3.63) is 48.5 Å². The van der Waals surface area contributed by atoms with Gasteiger partial charge in [-0.2, -0.15) is 0 Å². The van der Waals surface area contributed by atoms with E-state index in [-0.39, 0.29) is 10.4 Å². The summed E-state index contributed by atoms with van der Waals surface area (Å²) in [5, 5.41) is 0.199. The Morgan fingerprint density at radius 2 is 1.12 bits per heavy atom. The van der Waals surface area contributed by atoms with Gasteiger partial charge in [-0.15, -0.1) is 0 Å². The summed E-state index contributed by atoms with van der Waals surface area (Å²) < 4.78 is 11.7. The number of esters is 2. The summed E-state index contributed by atoms with van der Waals surface area (Å²) in [6.45, 7) is 0. The number of aromatic nitrogens is 2. The third-order valence-corrected chi connectivity index (χ3v) is 4.90. The number of carbonyl (C=O) groups is 2. The number of ether oxygens (including phenoxy) is 2. The van der Waals surface area contributed by atoms with Crippen LogP contribution in [0.3, 0.4) is 0 Å². The highest BCUT2D eigenvalue weighted by atomic mass is 32.1. The first-order valence-electron chi connectivity index (χ1n) is 6.84. The molecule has 0 aliphatic carbocycles. The monoisotopic (exact) mass is 356 g/mol. The molecule has 0 radical (unpaired) electrons. The molecule has 4 rings (SSSR count). The van der Waals surface area contributed by atoms with Crippen LogP contribution >= 0.6 is 22.7 Å². The lowest BCUT2D eigenvalue weighted by Crippen LogP contribution is -2.25. The normalized spacial score (nSPS) is 10.8. The van der Waals surface area contributed by atoms with Gasteiger partial charge in [-0.25, -0.2) is 19.6 Å². The van der Waals surface area contributed by atoms with E-state index in [0.29, 0.717) is 11.0 Å². The third kappa shape index (κ3) is 2.84. The van der Waals surface area contributed by atoms with Gasteiger partial charge in [0.05, 0.1) is 20.4 Å². The van der Waals surface area contributed by atoms with E-state index in [1.165, 1.54) is 22.7 Å². The van der Waals surface area contributed by atoms with Crippen LogP contribution < -0.4 is 9.47 Å². The standard InChI is InChI=1S/C16H8N2O4S2/c19-13(21-15-17-9-5-1-3-7-11(9)23-15)14(20)22-16-18-10-6-2-4-8-12(10)24-16/h1-8H. The summed E-state index contributed by atoms with van der Waals surface area (Å²) in [6, 6.07) is 14.7. The van der Waals surface area contributed by atoms with Gasteiger partial charge in [0.1, 0.15) is 0 Å². The van der Waals surface area contributed by atoms with Crippen molar-refractivity contribution in [2.24, 2.45) is 0 Å². The number of benzene rings is 2. The Bertz CT molecular complexity index is 918. The highest BCUT2D eigenvalue weighted by Gasteiger charge is 2.22. The smallest absolute Gasteiger partial charge is 0.389 e. The Morgan fingerprint density at radius 1 is 0.708 bits per heavy atom. The minimum Gasteiger partial charge on any atom is -0.389 e. The average Bonchev–Trinajstić information content (AvgIpc) is 3.16. The van der Waals surface area contributed by atoms with Crippen LogP contribution in [0.4, 0.5) is 0 Å². The average molecular weight is 356 g/mol. The van der Waals surface area contributed by atoms with Crippen LogP contribution in [0.2, 0.25) is 0 Å². The van der Waals surface area contributed by atoms with Crippen molar-refractivity contribution in [3.63, 3.8) is 0 Å². The fraction of sp³-hybridized carbons (Fsp3) is 0. The Labute approximate surface area is 143 Å². The molecule has 2 aromatic heterocycles. The van der Waals surface area contributed by atoms with E-state index < -0.39 is 11.9 Å². The highest BCUT2D eigenvalue weighted by Crippen LogP contribution is 2.29. The van der Waals surface area contributed by atoms with Crippen LogP contribution in [-0.2, 0) is 9.59 Å². The minimum absolute atomic E-state index is 0.0995. The lowest BCUT2D eigenvalue weighted by atomic mass is 10.3. The zero-order valence-electron chi connectivity index (χ0n) is 12.0. The molecule has 118 valence electrons. The first-order valence-corrected chi connectivity index (χ1v) is 8.47. The molecule has 0 spiro atoms. The number of para-hydroxylation sites is 2. The van der Waals surface area contributed by atoms with Gasteiger partial charge in [0, 0.05) is 0 Å². The van der Waals surface area contributed by atoms with Gasteiger partial charge in [0.15, 0.2) is 0 Å². The molecule has 8 heteroatoms. The van der Waals surface area contributed by atoms with Crippen LogP contribution in [0.25, 0.3) is 20.4 Å². The molecule has 0 saturated carbocycles. The number of nitrogens with zero attached hydrogens (tertiary/aromatic N) is 2. The van der Waals surface area contributed by atoms with Crippen LogP contribution in [-0.4, -0.2) is 21.9 Å². The molecule has 0 fully saturated rings. The number of hydrogen-bond donors (Lipinski definition) is 0. The molecule has 2 heterocycles. The third-order valence-electron chi connectivity index (χ3n) is 3.08. The number of carbonyl (C=O) groups excluding carboxylic acids is 2. The van der Waals surface area contributed by atoms with Gasteiger partial charge in [-0.05, 0) is 24.3 Å². The van der Waals surface area contributed by atoms with Crippen molar-refractivity contribution < 1.29 is 19.1 Å². The minimum atomic E-state index is -1.13. The topological polar surface area (TPSA) is 78.4 Å². The Balaban J connectivity index is 1.48. The van der Waals surface area contributed by atoms with Crippen LogP contribution in [0.5, 0.6) is 10.4 Å². The summed E-state index contributed by atoms with van der Waals surface area (Å²) in [6.07, 6.45) is 0. The Hall–Kier alpha value is -2.84. The van der Waals surface area contributed by atoms with Gasteiger partial charge in [-0.1, -0.05) is 46.9 Å². The van der Waals surface area contributed by atoms with Gasteiger partial charge < -0.3 is 9.47 Å². The molecule has 0 unspecified atom stereocenters. The molecule has 0 saturated heterocycles. The zero-order valence-corrected chi connectivity index (χ0v) is 13.6. The van der Waals surface area contributed by atoms with Crippen molar-refractivity contribution in [1.82, 2.24) is 9.97 Å². The summed E-state index contributed by atoms with van der Waals surface area (Å²) >= 11 is 2.36. The van der Waals surface area contributed by atoms with Crippen LogP contribution in [0.15, 0.2) is 48.5 Å². The molecule has 0 amide bonds. The zero-order chi connectivity index (χ0) is 16.5. The summed E-state index contributed by atoms with van der Waals surface area (Å²) in [4.78, 5) is 32.0. The van der Waals surface area contributed by atoms with Crippen molar-refractivity contribution in [3.8, 4) is 10.4 Å². The molecule has 0 aliphatic heterocycles. The van der Waals surface area contributed by atoms with Gasteiger partial charge in [0.2, 0.25) is 0 Å². The van der Waals surface area contributed by atoms with E-state index in [1.54, 1.807) is 12.1 Å². The molecule has 0 aliphatic rings. The van der Waals surface area contributed by atoms with E-state index in [1.807, 2.05) is 36.4 Å². The van der Waals surface area contributed by atoms with Crippen molar-refractivity contribution in [1.29, 1.82) is 0 Å². The molecular weight excluding hydrogens is 348 g/mol. The van der Waals surface area contributed by atoms with Gasteiger partial charge in [0.25, 0.3) is 10.4 Å². The molecule has 24 heavy (non-hydrogen) atoms. The second-order valence-electron chi connectivity index (χ2n) is 4.67. The first kappa shape index (κ1) is 14.7. The van der Waals surface area contributed by atoms with E-state index in [9.17, 15) is 9.59 Å². The summed E-state index contributed by atoms with van der Waals surface area (Å²) in [5.74, 6) is -2.26. The van der Waals surface area contributed by atoms with Crippen LogP contribution in [0, 0.1) is 0 Å². The van der Waals surface area contributed by atoms with Crippen molar-refractivity contribution >= 4 is 55.0 Å². The maximum Gasteiger partial charge on any atom is 0.425 e. The Morgan fingerprint density at radius 3 is 1.54 bits per heavy atom.